The molecule has 2 bridgehead atoms. The van der Waals surface area contributed by atoms with E-state index in [4.69, 9.17) is 21.1 Å². The molecule has 6 rings (SSSR count). The largest absolute Gasteiger partial charge is 0.491 e. The molecule has 6 atom stereocenters. The Morgan fingerprint density at radius 1 is 1.00 bits per heavy atom. The van der Waals surface area contributed by atoms with Crippen LogP contribution in [-0.4, -0.2) is 72.7 Å². The van der Waals surface area contributed by atoms with Crippen LogP contribution in [0.3, 0.4) is 0 Å². The highest BCUT2D eigenvalue weighted by molar-refractivity contribution is 7.84. The van der Waals surface area contributed by atoms with Crippen molar-refractivity contribution in [2.45, 2.75) is 83.3 Å². The number of amides is 2. The van der Waals surface area contributed by atoms with Gasteiger partial charge in [0.25, 0.3) is 5.91 Å². The molecule has 1 aliphatic carbocycles. The van der Waals surface area contributed by atoms with Crippen molar-refractivity contribution in [2.75, 3.05) is 50.9 Å². The first-order valence-electron chi connectivity index (χ1n) is 17.6. The molecule has 0 radical (unpaired) electrons. The molecule has 0 spiro atoms. The van der Waals surface area contributed by atoms with Crippen molar-refractivity contribution in [1.82, 2.24) is 9.62 Å². The van der Waals surface area contributed by atoms with Gasteiger partial charge in [0.05, 0.1) is 30.8 Å². The Labute approximate surface area is 288 Å². The van der Waals surface area contributed by atoms with Gasteiger partial charge in [-0.05, 0) is 91.8 Å². The van der Waals surface area contributed by atoms with Crippen molar-refractivity contribution in [3.8, 4) is 5.75 Å². The zero-order valence-electron chi connectivity index (χ0n) is 28.3. The van der Waals surface area contributed by atoms with Gasteiger partial charge in [-0.2, -0.15) is 0 Å². The van der Waals surface area contributed by atoms with E-state index < -0.39 is 11.0 Å². The van der Waals surface area contributed by atoms with Gasteiger partial charge in [-0.1, -0.05) is 57.2 Å². The van der Waals surface area contributed by atoms with E-state index in [1.54, 1.807) is 11.0 Å². The first-order valence-corrected chi connectivity index (χ1v) is 19.1. The fraction of sp³-hybridized carbons (Fsp3) is 0.622. The first-order chi connectivity index (χ1) is 22.8. The van der Waals surface area contributed by atoms with E-state index in [0.29, 0.717) is 37.2 Å². The normalized spacial score (nSPS) is 28.3. The second kappa shape index (κ2) is 17.2. The van der Waals surface area contributed by atoms with Gasteiger partial charge in [0.15, 0.2) is 0 Å². The van der Waals surface area contributed by atoms with Crippen LogP contribution in [0.15, 0.2) is 36.4 Å². The van der Waals surface area contributed by atoms with Gasteiger partial charge in [0.2, 0.25) is 6.41 Å². The molecule has 4 aliphatic rings. The highest BCUT2D eigenvalue weighted by Gasteiger charge is 2.35. The Bertz CT molecular complexity index is 1390. The number of carbonyl (C=O) groups is 2. The second-order valence-corrected chi connectivity index (χ2v) is 15.7. The van der Waals surface area contributed by atoms with E-state index in [0.717, 1.165) is 80.6 Å². The summed E-state index contributed by atoms with van der Waals surface area (Å²) in [4.78, 5) is 27.4. The van der Waals surface area contributed by atoms with E-state index >= 15 is 0 Å². The number of anilines is 1. The Hall–Kier alpha value is -2.62. The zero-order chi connectivity index (χ0) is 33.3. The summed E-state index contributed by atoms with van der Waals surface area (Å²) in [6, 6.07) is 12.0. The van der Waals surface area contributed by atoms with Crippen LogP contribution in [-0.2, 0) is 26.9 Å². The smallest absolute Gasteiger partial charge is 0.263 e. The summed E-state index contributed by atoms with van der Waals surface area (Å²) in [6.45, 7) is 11.6. The molecule has 47 heavy (non-hydrogen) atoms. The van der Waals surface area contributed by atoms with Crippen molar-refractivity contribution in [3.05, 3.63) is 58.1 Å². The third-order valence-electron chi connectivity index (χ3n) is 10.5. The lowest BCUT2D eigenvalue weighted by molar-refractivity contribution is -0.121. The molecule has 258 valence electrons. The minimum atomic E-state index is -1.43. The predicted molar refractivity (Wildman–Crippen MR) is 190 cm³/mol. The maximum atomic E-state index is 13.2. The van der Waals surface area contributed by atoms with Crippen LogP contribution in [0.2, 0.25) is 5.02 Å². The van der Waals surface area contributed by atoms with Gasteiger partial charge in [-0.25, -0.2) is 4.21 Å². The molecular formula is C37H52ClN3O5S. The number of hydrogen-bond acceptors (Lipinski definition) is 6. The lowest BCUT2D eigenvalue weighted by Crippen LogP contribution is -2.40. The van der Waals surface area contributed by atoms with Crippen LogP contribution < -0.4 is 14.4 Å². The number of rotatable bonds is 4. The van der Waals surface area contributed by atoms with Crippen LogP contribution in [0.1, 0.15) is 93.1 Å². The number of nitrogens with one attached hydrogen (secondary N) is 1. The first kappa shape index (κ1) is 35.7. The van der Waals surface area contributed by atoms with E-state index in [2.05, 4.69) is 35.6 Å². The molecule has 2 amide bonds. The quantitative estimate of drug-likeness (QED) is 0.358. The van der Waals surface area contributed by atoms with Gasteiger partial charge in [-0.3, -0.25) is 14.3 Å². The number of carbonyl (C=O) groups excluding carboxylic acids is 2. The number of morpholine rings is 1. The molecule has 10 heteroatoms. The lowest BCUT2D eigenvalue weighted by Gasteiger charge is -2.41. The summed E-state index contributed by atoms with van der Waals surface area (Å²) in [5.41, 5.74) is 4.11. The van der Waals surface area contributed by atoms with E-state index in [1.165, 1.54) is 36.8 Å². The number of aryl methyl sites for hydroxylation is 1. The predicted octanol–water partition coefficient (Wildman–Crippen LogP) is 6.77. The van der Waals surface area contributed by atoms with Crippen LogP contribution >= 0.6 is 11.6 Å². The maximum Gasteiger partial charge on any atom is 0.263 e. The fourth-order valence-corrected chi connectivity index (χ4v) is 8.48. The molecule has 2 fully saturated rings. The molecule has 1 saturated heterocycles. The summed E-state index contributed by atoms with van der Waals surface area (Å²) >= 11 is 6.39. The summed E-state index contributed by atoms with van der Waals surface area (Å²) in [7, 11) is -1.43. The summed E-state index contributed by atoms with van der Waals surface area (Å²) in [5, 5.41) is 0.690. The standard InChI is InChI=1S/C32H43ClN2O3S.C5H9NO2/c1-4-7-24-16-28(33)13-14-29(24)27-19-35-18-26-11-10-23(26)9-6-5-8-21(2)22(3)39(37)34-32(36)25-12-15-31(38-20-27)30(35)17-25;7-5-6-1-3-8-4-2-6/h12-17,21-23,26-27H,4-11,18-20H2,1-3H3,(H,34,36);5H,1-4H2. The molecule has 0 aromatic heterocycles. The number of benzene rings is 2. The highest BCUT2D eigenvalue weighted by Crippen LogP contribution is 2.43. The summed E-state index contributed by atoms with van der Waals surface area (Å²) in [5.74, 6) is 2.45. The number of ether oxygens (including phenoxy) is 2. The molecule has 1 N–H and O–H groups in total. The zero-order valence-corrected chi connectivity index (χ0v) is 29.8. The topological polar surface area (TPSA) is 88.2 Å². The van der Waals surface area contributed by atoms with Gasteiger partial charge < -0.3 is 19.3 Å². The molecule has 1 saturated carbocycles. The van der Waals surface area contributed by atoms with E-state index in [9.17, 15) is 13.8 Å². The minimum Gasteiger partial charge on any atom is -0.491 e. The van der Waals surface area contributed by atoms with Crippen LogP contribution in [0.5, 0.6) is 5.75 Å². The van der Waals surface area contributed by atoms with Crippen LogP contribution in [0, 0.1) is 17.8 Å². The van der Waals surface area contributed by atoms with Gasteiger partial charge >= 0.3 is 0 Å². The number of hydrogen-bond donors (Lipinski definition) is 1. The van der Waals surface area contributed by atoms with Crippen LogP contribution in [0.25, 0.3) is 0 Å². The third-order valence-corrected chi connectivity index (χ3v) is 12.3. The highest BCUT2D eigenvalue weighted by atomic mass is 35.5. The Kier molecular flexibility index (Phi) is 13.0. The average molecular weight is 686 g/mol. The number of nitrogens with zero attached hydrogens (tertiary/aromatic N) is 2. The van der Waals surface area contributed by atoms with Crippen molar-refractivity contribution < 1.29 is 23.3 Å². The van der Waals surface area contributed by atoms with Crippen molar-refractivity contribution in [2.24, 2.45) is 17.8 Å². The molecule has 3 aliphatic heterocycles. The lowest BCUT2D eigenvalue weighted by atomic mass is 9.70. The number of halogens is 1. The summed E-state index contributed by atoms with van der Waals surface area (Å²) in [6.07, 6.45) is 10.2. The number of fused-ring (bicyclic) bond motifs is 2. The van der Waals surface area contributed by atoms with Crippen molar-refractivity contribution >= 4 is 40.6 Å². The Morgan fingerprint density at radius 3 is 2.47 bits per heavy atom. The third kappa shape index (κ3) is 9.30. The molecule has 2 aromatic rings. The Morgan fingerprint density at radius 2 is 1.77 bits per heavy atom. The summed E-state index contributed by atoms with van der Waals surface area (Å²) < 4.78 is 27.3. The second-order valence-electron chi connectivity index (χ2n) is 13.7. The SMILES string of the molecule is CCCc1cc(Cl)ccc1C1COc2ccc3cc2N(C1)CC1CCC1CCCCC(C)C(C)S(=O)NC3=O.O=CN1CCOCC1. The molecule has 6 unspecified atom stereocenters. The fourth-order valence-electron chi connectivity index (χ4n) is 7.24. The molecular weight excluding hydrogens is 634 g/mol. The van der Waals surface area contributed by atoms with Gasteiger partial charge in [0.1, 0.15) is 16.7 Å². The molecule has 8 nitrogen and oxygen atoms in total. The molecule has 3 heterocycles. The van der Waals surface area contributed by atoms with Crippen molar-refractivity contribution in [3.63, 3.8) is 0 Å². The van der Waals surface area contributed by atoms with Crippen molar-refractivity contribution in [1.29, 1.82) is 0 Å². The van der Waals surface area contributed by atoms with E-state index in [-0.39, 0.29) is 17.1 Å². The Balaban J connectivity index is 0.000000474. The monoisotopic (exact) mass is 685 g/mol. The minimum absolute atomic E-state index is 0.0867. The maximum absolute atomic E-state index is 13.2. The van der Waals surface area contributed by atoms with Gasteiger partial charge in [0, 0.05) is 42.7 Å². The van der Waals surface area contributed by atoms with E-state index in [1.807, 2.05) is 25.1 Å². The average Bonchev–Trinajstić information content (AvgIpc) is 3.25. The van der Waals surface area contributed by atoms with Crippen LogP contribution in [0.4, 0.5) is 5.69 Å². The molecule has 2 aromatic carbocycles. The van der Waals surface area contributed by atoms with Gasteiger partial charge in [-0.15, -0.1) is 0 Å².